The lowest BCUT2D eigenvalue weighted by Gasteiger charge is -2.41. The first-order valence-corrected chi connectivity index (χ1v) is 20.5. The maximum atomic E-state index is 15.8. The fraction of sp³-hybridized carbons (Fsp3) is 0.200. The number of benzene rings is 4. The van der Waals surface area contributed by atoms with Crippen LogP contribution in [-0.2, 0) is 0 Å². The summed E-state index contributed by atoms with van der Waals surface area (Å²) in [5, 5.41) is -0.212. The molecule has 3 heteroatoms. The Hall–Kier alpha value is -5.12. The van der Waals surface area contributed by atoms with Gasteiger partial charge in [0.2, 0.25) is 0 Å². The molecule has 0 heterocycles. The molecule has 0 fully saturated rings. The molecule has 0 spiro atoms. The third-order valence-corrected chi connectivity index (χ3v) is 15.3. The van der Waals surface area contributed by atoms with E-state index in [1.165, 1.54) is 33.4 Å². The molecule has 4 aliphatic carbocycles. The molecular formula is C50H46F2Si. The van der Waals surface area contributed by atoms with E-state index in [4.69, 9.17) is 0 Å². The maximum absolute atomic E-state index is 15.8. The van der Waals surface area contributed by atoms with Crippen LogP contribution in [0, 0.1) is 11.6 Å². The van der Waals surface area contributed by atoms with Gasteiger partial charge in [-0.2, -0.15) is 0 Å². The molecule has 0 bridgehead atoms. The highest BCUT2D eigenvalue weighted by Gasteiger charge is 2.49. The minimum absolute atomic E-state index is 0.0378. The predicted octanol–water partition coefficient (Wildman–Crippen LogP) is 13.2. The van der Waals surface area contributed by atoms with Gasteiger partial charge in [0.15, 0.2) is 0 Å². The van der Waals surface area contributed by atoms with Crippen LogP contribution in [0.4, 0.5) is 8.78 Å². The van der Waals surface area contributed by atoms with Crippen molar-refractivity contribution >= 4 is 9.52 Å². The minimum atomic E-state index is -0.970. The lowest BCUT2D eigenvalue weighted by Crippen LogP contribution is -2.31. The third-order valence-electron chi connectivity index (χ3n) is 12.3. The van der Waals surface area contributed by atoms with Crippen LogP contribution < -0.4 is 0 Å². The van der Waals surface area contributed by atoms with Gasteiger partial charge < -0.3 is 0 Å². The number of allylic oxidation sites excluding steroid dienone is 16. The first-order valence-electron chi connectivity index (χ1n) is 19.1. The van der Waals surface area contributed by atoms with Crippen LogP contribution >= 0.6 is 0 Å². The van der Waals surface area contributed by atoms with Gasteiger partial charge in [0.1, 0.15) is 11.6 Å². The molecule has 264 valence electrons. The van der Waals surface area contributed by atoms with Crippen molar-refractivity contribution in [1.29, 1.82) is 0 Å². The molecule has 0 saturated carbocycles. The van der Waals surface area contributed by atoms with Crippen LogP contribution in [0.15, 0.2) is 191 Å². The molecule has 0 N–H and O–H groups in total. The topological polar surface area (TPSA) is 0 Å². The summed E-state index contributed by atoms with van der Waals surface area (Å²) in [6.45, 7) is 9.53. The SMILES string of the molecule is CCC1=CC2=C(C=CC=CC2c2ccc(-c3ccccc3)c(F)c2)C1(C)[SiH2]C1(C)C(CC)=CC2=C1C=CC=CC2c1ccc(-c2ccccc2)c(F)c1. The van der Waals surface area contributed by atoms with Gasteiger partial charge in [-0.3, -0.25) is 0 Å². The minimum Gasteiger partial charge on any atom is -0.206 e. The Morgan fingerprint density at radius 3 is 1.34 bits per heavy atom. The van der Waals surface area contributed by atoms with E-state index < -0.39 is 9.52 Å². The van der Waals surface area contributed by atoms with Crippen molar-refractivity contribution in [1.82, 2.24) is 0 Å². The Morgan fingerprint density at radius 1 is 0.547 bits per heavy atom. The van der Waals surface area contributed by atoms with Crippen molar-refractivity contribution in [3.05, 3.63) is 214 Å². The molecule has 4 aromatic carbocycles. The van der Waals surface area contributed by atoms with Gasteiger partial charge in [-0.1, -0.05) is 185 Å². The normalized spacial score (nSPS) is 24.8. The van der Waals surface area contributed by atoms with Gasteiger partial charge in [-0.15, -0.1) is 0 Å². The van der Waals surface area contributed by atoms with Crippen molar-refractivity contribution in [2.75, 3.05) is 0 Å². The van der Waals surface area contributed by atoms with Gasteiger partial charge in [-0.25, -0.2) is 8.78 Å². The Balaban J connectivity index is 1.17. The van der Waals surface area contributed by atoms with Crippen molar-refractivity contribution < 1.29 is 8.78 Å². The zero-order valence-electron chi connectivity index (χ0n) is 31.0. The van der Waals surface area contributed by atoms with E-state index in [-0.39, 0.29) is 33.5 Å². The summed E-state index contributed by atoms with van der Waals surface area (Å²) < 4.78 is 31.6. The smallest absolute Gasteiger partial charge is 0.131 e. The van der Waals surface area contributed by atoms with Crippen molar-refractivity contribution in [2.45, 2.75) is 62.4 Å². The molecule has 8 rings (SSSR count). The lowest BCUT2D eigenvalue weighted by atomic mass is 9.86. The Labute approximate surface area is 315 Å². The summed E-state index contributed by atoms with van der Waals surface area (Å²) >= 11 is 0. The van der Waals surface area contributed by atoms with Crippen LogP contribution in [0.1, 0.15) is 63.5 Å². The summed E-state index contributed by atoms with van der Waals surface area (Å²) in [5.74, 6) is -0.456. The molecule has 0 saturated heterocycles. The summed E-state index contributed by atoms with van der Waals surface area (Å²) in [7, 11) is -0.970. The second-order valence-electron chi connectivity index (χ2n) is 15.3. The van der Waals surface area contributed by atoms with Gasteiger partial charge in [0.25, 0.3) is 0 Å². The number of rotatable bonds is 8. The quantitative estimate of drug-likeness (QED) is 0.160. The highest BCUT2D eigenvalue weighted by molar-refractivity contribution is 6.50. The summed E-state index contributed by atoms with van der Waals surface area (Å²) in [6.07, 6.45) is 24.6. The molecule has 0 amide bonds. The predicted molar refractivity (Wildman–Crippen MR) is 222 cm³/mol. The standard InChI is InChI=1S/C50H46F2Si/c1-5-37-31-43-39(35-25-27-41(47(51)29-35)33-17-9-7-10-18-33)21-13-15-23-45(43)49(37,3)53-50(4)38(6-2)32-44-40(22-14-16-24-46(44)50)36-26-28-42(48(52)30-36)34-19-11-8-12-20-34/h7-32,39-40H,5-6,53H2,1-4H3. The van der Waals surface area contributed by atoms with E-state index in [1.54, 1.807) is 12.1 Å². The van der Waals surface area contributed by atoms with Crippen molar-refractivity contribution in [3.8, 4) is 22.3 Å². The first-order chi connectivity index (χ1) is 25.7. The number of hydrogen-bond acceptors (Lipinski definition) is 0. The monoisotopic (exact) mass is 712 g/mol. The average Bonchev–Trinajstić information content (AvgIpc) is 3.36. The molecule has 4 unspecified atom stereocenters. The van der Waals surface area contributed by atoms with Crippen LogP contribution in [-0.4, -0.2) is 9.52 Å². The second-order valence-corrected chi connectivity index (χ2v) is 18.5. The average molecular weight is 713 g/mol. The van der Waals surface area contributed by atoms with Gasteiger partial charge >= 0.3 is 0 Å². The fourth-order valence-electron chi connectivity index (χ4n) is 9.61. The molecule has 0 aromatic heterocycles. The van der Waals surface area contributed by atoms with Gasteiger partial charge in [0, 0.05) is 33.0 Å². The second kappa shape index (κ2) is 14.0. The zero-order chi connectivity index (χ0) is 36.7. The largest absolute Gasteiger partial charge is 0.206 e. The third kappa shape index (κ3) is 6.05. The van der Waals surface area contributed by atoms with Crippen molar-refractivity contribution in [3.63, 3.8) is 0 Å². The van der Waals surface area contributed by atoms with Gasteiger partial charge in [-0.05, 0) is 69.5 Å². The Morgan fingerprint density at radius 2 is 0.962 bits per heavy atom. The highest BCUT2D eigenvalue weighted by atomic mass is 28.2. The molecule has 0 nitrogen and oxygen atoms in total. The number of hydrogen-bond donors (Lipinski definition) is 0. The van der Waals surface area contributed by atoms with E-state index in [0.717, 1.165) is 35.1 Å². The molecule has 4 atom stereocenters. The lowest BCUT2D eigenvalue weighted by molar-refractivity contribution is 0.628. The molecule has 4 aliphatic rings. The van der Waals surface area contributed by atoms with E-state index in [9.17, 15) is 0 Å². The van der Waals surface area contributed by atoms with Gasteiger partial charge in [0.05, 0.1) is 9.52 Å². The molecule has 0 aliphatic heterocycles. The first kappa shape index (κ1) is 34.9. The highest BCUT2D eigenvalue weighted by Crippen LogP contribution is 2.63. The summed E-state index contributed by atoms with van der Waals surface area (Å²) in [5.41, 5.74) is 13.3. The zero-order valence-corrected chi connectivity index (χ0v) is 32.5. The van der Waals surface area contributed by atoms with Crippen LogP contribution in [0.5, 0.6) is 0 Å². The number of halogens is 2. The fourth-order valence-corrected chi connectivity index (χ4v) is 13.2. The maximum Gasteiger partial charge on any atom is 0.131 e. The Kier molecular flexibility index (Phi) is 9.24. The molecule has 0 radical (unpaired) electrons. The molecule has 4 aromatic rings. The molecule has 53 heavy (non-hydrogen) atoms. The van der Waals surface area contributed by atoms with E-state index in [1.807, 2.05) is 72.8 Å². The van der Waals surface area contributed by atoms with E-state index >= 15 is 8.78 Å². The van der Waals surface area contributed by atoms with E-state index in [0.29, 0.717) is 11.1 Å². The van der Waals surface area contributed by atoms with Crippen LogP contribution in [0.25, 0.3) is 22.3 Å². The summed E-state index contributed by atoms with van der Waals surface area (Å²) in [6, 6.07) is 31.1. The summed E-state index contributed by atoms with van der Waals surface area (Å²) in [4.78, 5) is 0. The van der Waals surface area contributed by atoms with E-state index in [2.05, 4.69) is 101 Å². The van der Waals surface area contributed by atoms with Crippen LogP contribution in [0.2, 0.25) is 10.1 Å². The Bertz CT molecular complexity index is 2170. The van der Waals surface area contributed by atoms with Crippen LogP contribution in [0.3, 0.4) is 0 Å². The van der Waals surface area contributed by atoms with Crippen molar-refractivity contribution in [2.24, 2.45) is 0 Å². The molecular weight excluding hydrogens is 667 g/mol.